The number of Topliss-reactive ketones (excluding diaryl/α,β-unsaturated/α-hetero) is 1. The molecule has 0 saturated carbocycles. The molecule has 5 aromatic carbocycles. The van der Waals surface area contributed by atoms with E-state index in [9.17, 15) is 40.8 Å². The number of amides is 4. The first-order valence-corrected chi connectivity index (χ1v) is 32.8. The molecule has 0 saturated heterocycles. The van der Waals surface area contributed by atoms with Gasteiger partial charge in [-0.2, -0.15) is 16.8 Å². The Kier molecular flexibility index (Phi) is 18.7. The second-order valence-electron chi connectivity index (χ2n) is 22.1. The van der Waals surface area contributed by atoms with Crippen molar-refractivity contribution >= 4 is 88.3 Å². The van der Waals surface area contributed by atoms with Crippen molar-refractivity contribution in [3.8, 4) is 17.2 Å². The fourth-order valence-electron chi connectivity index (χ4n) is 11.5. The third kappa shape index (κ3) is 13.4. The van der Waals surface area contributed by atoms with Crippen molar-refractivity contribution in [2.24, 2.45) is 5.92 Å². The van der Waals surface area contributed by atoms with Crippen LogP contribution in [-0.4, -0.2) is 108 Å². The van der Waals surface area contributed by atoms with Gasteiger partial charge < -0.3 is 34.6 Å². The number of carbonyl (C=O) groups excluding carboxylic acids is 5. The molecular weight excluding hydrogens is 1140 g/mol. The highest BCUT2D eigenvalue weighted by Gasteiger charge is 2.48. The zero-order valence-electron chi connectivity index (χ0n) is 47.8. The molecule has 83 heavy (non-hydrogen) atoms. The lowest BCUT2D eigenvalue weighted by atomic mass is 9.97. The van der Waals surface area contributed by atoms with Gasteiger partial charge in [-0.05, 0) is 159 Å². The average molecular weight is 1210 g/mol. The molecule has 2 unspecified atom stereocenters. The summed E-state index contributed by atoms with van der Waals surface area (Å²) in [5, 5.41) is 2.98. The second kappa shape index (κ2) is 25.4. The third-order valence-corrected chi connectivity index (χ3v) is 22.6. The topological polar surface area (TPSA) is 230 Å². The fraction of sp³-hybridized carbons (Fsp3) is 0.426. The minimum Gasteiger partial charge on any atom is -0.493 e. The molecule has 5 atom stereocenters. The van der Waals surface area contributed by atoms with E-state index >= 15 is 0 Å². The number of hydrogen-bond donors (Lipinski definition) is 2. The summed E-state index contributed by atoms with van der Waals surface area (Å²) in [6.45, 7) is 7.45. The van der Waals surface area contributed by atoms with Crippen LogP contribution in [0.3, 0.4) is 0 Å². The summed E-state index contributed by atoms with van der Waals surface area (Å²) in [6.07, 6.45) is 3.25. The fourth-order valence-corrected chi connectivity index (χ4v) is 16.5. The SMILES string of the molecule is CNC(=O)C(CCSSC(C)(C)CCC(=O)C[C@@H](C)C(=O)Nc1cc(COc2cc3c(cc2C)C(=O)N2c4ccccc4C[C@H]2C(S(=O)(=O)OC)C3)cc(COc2cc3c(cc2OC)C(=O)N2c4ccccc4C[C@H]2CC3)c1)S(=O)(=O)OC. The van der Waals surface area contributed by atoms with Crippen LogP contribution in [0.2, 0.25) is 0 Å². The maximum Gasteiger partial charge on any atom is 0.279 e. The Labute approximate surface area is 493 Å². The van der Waals surface area contributed by atoms with Gasteiger partial charge in [0.15, 0.2) is 16.7 Å². The molecule has 2 N–H and O–H groups in total. The minimum absolute atomic E-state index is 0.00302. The smallest absolute Gasteiger partial charge is 0.279 e. The lowest BCUT2D eigenvalue weighted by Gasteiger charge is -2.28. The summed E-state index contributed by atoms with van der Waals surface area (Å²) in [5.41, 5.74) is 8.23. The molecule has 0 aromatic heterocycles. The maximum atomic E-state index is 14.5. The number of hydrogen-bond acceptors (Lipinski definition) is 16. The Morgan fingerprint density at radius 3 is 2.02 bits per heavy atom. The molecule has 0 radical (unpaired) electrons. The number of ether oxygens (including phenoxy) is 3. The second-order valence-corrected chi connectivity index (χ2v) is 29.0. The van der Waals surface area contributed by atoms with E-state index in [1.54, 1.807) is 42.2 Å². The molecule has 0 spiro atoms. The Balaban J connectivity index is 0.921. The molecule has 0 bridgehead atoms. The third-order valence-electron chi connectivity index (χ3n) is 15.9. The van der Waals surface area contributed by atoms with Gasteiger partial charge in [0.1, 0.15) is 30.0 Å². The molecule has 5 aromatic rings. The summed E-state index contributed by atoms with van der Waals surface area (Å²) in [6, 6.07) is 27.3. The highest BCUT2D eigenvalue weighted by Crippen LogP contribution is 2.44. The van der Waals surface area contributed by atoms with Crippen molar-refractivity contribution in [1.82, 2.24) is 5.32 Å². The predicted octanol–water partition coefficient (Wildman–Crippen LogP) is 9.11. The molecule has 4 aliphatic heterocycles. The number of ketones is 1. The van der Waals surface area contributed by atoms with Crippen molar-refractivity contribution in [3.05, 3.63) is 141 Å². The number of para-hydroxylation sites is 2. The van der Waals surface area contributed by atoms with E-state index < -0.39 is 53.4 Å². The molecule has 4 aliphatic rings. The van der Waals surface area contributed by atoms with E-state index in [1.807, 2.05) is 80.3 Å². The standard InChI is InChI=1S/C61H70N4O14S4/c1-36-24-47-43(32-56(83(73,74)77-8)51-29-42-14-10-12-16-50(42)65(51)60(47)70)31-52(36)78-34-38-25-39(35-79-54-30-40-17-18-45-28-41-13-9-11-15-49(41)64(45)59(69)48(40)33-53(54)75-6)27-44(26-38)63-57(67)37(2)23-46(66)19-21-61(3,4)81-80-22-20-55(58(68)62-5)82(71,72)76-7/h9-16,24-27,30-31,33,37,45,51,55-56H,17-23,28-29,32,34-35H2,1-8H3,(H,62,68)(H,63,67)/t37-,45-,51+,55?,56?/m1/s1. The van der Waals surface area contributed by atoms with E-state index in [1.165, 1.54) is 35.7 Å². The summed E-state index contributed by atoms with van der Waals surface area (Å²) in [5.74, 6) is -0.685. The van der Waals surface area contributed by atoms with E-state index in [0.717, 1.165) is 49.4 Å². The highest BCUT2D eigenvalue weighted by atomic mass is 33.1. The van der Waals surface area contributed by atoms with Crippen LogP contribution in [0.15, 0.2) is 91.0 Å². The quantitative estimate of drug-likeness (QED) is 0.0333. The molecule has 0 aliphatic carbocycles. The molecule has 22 heteroatoms. The zero-order valence-corrected chi connectivity index (χ0v) is 51.0. The van der Waals surface area contributed by atoms with Crippen LogP contribution in [0.5, 0.6) is 17.2 Å². The van der Waals surface area contributed by atoms with Crippen LogP contribution in [0.4, 0.5) is 17.1 Å². The number of nitrogens with zero attached hydrogens (tertiary/aromatic N) is 2. The van der Waals surface area contributed by atoms with Gasteiger partial charge in [0.05, 0.1) is 27.4 Å². The van der Waals surface area contributed by atoms with E-state index in [2.05, 4.69) is 20.9 Å². The zero-order chi connectivity index (χ0) is 59.5. The monoisotopic (exact) mass is 1210 g/mol. The summed E-state index contributed by atoms with van der Waals surface area (Å²) in [7, 11) is -0.260. The minimum atomic E-state index is -4.12. The number of rotatable bonds is 24. The molecule has 442 valence electrons. The van der Waals surface area contributed by atoms with Crippen molar-refractivity contribution in [2.75, 3.05) is 49.2 Å². The number of methoxy groups -OCH3 is 1. The van der Waals surface area contributed by atoms with Crippen molar-refractivity contribution in [3.63, 3.8) is 0 Å². The van der Waals surface area contributed by atoms with Gasteiger partial charge in [0, 0.05) is 70.5 Å². The average Bonchev–Trinajstić information content (AvgIpc) is 2.35. The maximum absolute atomic E-state index is 14.5. The van der Waals surface area contributed by atoms with Gasteiger partial charge in [-0.1, -0.05) is 64.9 Å². The summed E-state index contributed by atoms with van der Waals surface area (Å²) in [4.78, 5) is 71.9. The Morgan fingerprint density at radius 1 is 0.735 bits per heavy atom. The van der Waals surface area contributed by atoms with Gasteiger partial charge in [-0.15, -0.1) is 0 Å². The van der Waals surface area contributed by atoms with Crippen LogP contribution < -0.4 is 34.6 Å². The van der Waals surface area contributed by atoms with E-state index in [4.69, 9.17) is 18.4 Å². The molecule has 4 heterocycles. The Hall–Kier alpha value is -6.43. The van der Waals surface area contributed by atoms with Crippen molar-refractivity contribution < 1.29 is 63.4 Å². The van der Waals surface area contributed by atoms with E-state index in [-0.39, 0.29) is 68.4 Å². The molecular formula is C61H70N4O14S4. The van der Waals surface area contributed by atoms with Gasteiger partial charge >= 0.3 is 0 Å². The first-order valence-electron chi connectivity index (χ1n) is 27.5. The van der Waals surface area contributed by atoms with Gasteiger partial charge in [-0.25, -0.2) is 0 Å². The lowest BCUT2D eigenvalue weighted by molar-refractivity contribution is -0.125. The Morgan fingerprint density at radius 2 is 1.36 bits per heavy atom. The van der Waals surface area contributed by atoms with Crippen molar-refractivity contribution in [2.45, 2.75) is 126 Å². The Bertz CT molecular complexity index is 3570. The normalized spacial score (nSPS) is 18.0. The van der Waals surface area contributed by atoms with Crippen LogP contribution in [0.1, 0.15) is 113 Å². The predicted molar refractivity (Wildman–Crippen MR) is 322 cm³/mol. The van der Waals surface area contributed by atoms with Gasteiger partial charge in [-0.3, -0.25) is 32.3 Å². The first-order chi connectivity index (χ1) is 39.5. The summed E-state index contributed by atoms with van der Waals surface area (Å²) < 4.78 is 80.2. The van der Waals surface area contributed by atoms with E-state index in [0.29, 0.717) is 87.0 Å². The first kappa shape index (κ1) is 61.1. The number of fused-ring (bicyclic) bond motifs is 8. The van der Waals surface area contributed by atoms with Crippen LogP contribution in [0, 0.1) is 12.8 Å². The van der Waals surface area contributed by atoms with Crippen LogP contribution in [-0.2, 0) is 81.9 Å². The molecule has 0 fully saturated rings. The summed E-state index contributed by atoms with van der Waals surface area (Å²) >= 11 is 0. The largest absolute Gasteiger partial charge is 0.493 e. The number of anilines is 3. The number of aryl methyl sites for hydroxylation is 2. The van der Waals surface area contributed by atoms with Crippen LogP contribution in [0.25, 0.3) is 0 Å². The highest BCUT2D eigenvalue weighted by molar-refractivity contribution is 8.77. The number of benzene rings is 5. The van der Waals surface area contributed by atoms with Gasteiger partial charge in [0.2, 0.25) is 11.8 Å². The molecule has 4 amide bonds. The molecule has 18 nitrogen and oxygen atoms in total. The van der Waals surface area contributed by atoms with Gasteiger partial charge in [0.25, 0.3) is 32.1 Å². The number of nitrogens with one attached hydrogen (secondary N) is 2. The lowest BCUT2D eigenvalue weighted by Crippen LogP contribution is -2.47. The van der Waals surface area contributed by atoms with Crippen molar-refractivity contribution in [1.29, 1.82) is 0 Å². The van der Waals surface area contributed by atoms with Crippen LogP contribution >= 0.6 is 21.6 Å². The molecule has 9 rings (SSSR count). The number of carbonyl (C=O) groups is 5.